The zero-order valence-electron chi connectivity index (χ0n) is 10.3. The highest BCUT2D eigenvalue weighted by Gasteiger charge is 2.04. The number of nitrogens with one attached hydrogen (secondary N) is 1. The third-order valence-corrected chi connectivity index (χ3v) is 2.41. The number of rotatable bonds is 6. The van der Waals surface area contributed by atoms with Crippen LogP contribution in [0.3, 0.4) is 0 Å². The quantitative estimate of drug-likeness (QED) is 0.461. The highest BCUT2D eigenvalue weighted by molar-refractivity contribution is 5.90. The number of unbranched alkanes of at least 4 members (excludes halogenated alkanes) is 1. The number of carbonyl (C=O) groups is 2. The van der Waals surface area contributed by atoms with E-state index in [-0.39, 0.29) is 17.6 Å². The van der Waals surface area contributed by atoms with Crippen molar-refractivity contribution in [1.29, 1.82) is 0 Å². The van der Waals surface area contributed by atoms with Crippen molar-refractivity contribution in [2.45, 2.75) is 25.7 Å². The molecule has 0 aliphatic carbocycles. The first-order chi connectivity index (χ1) is 8.61. The number of carbonyl (C=O) groups excluding carboxylic acids is 2. The Morgan fingerprint density at radius 2 is 1.78 bits per heavy atom. The van der Waals surface area contributed by atoms with Crippen molar-refractivity contribution in [3.8, 4) is 5.75 Å². The van der Waals surface area contributed by atoms with Crippen LogP contribution in [0.1, 0.15) is 25.7 Å². The molecule has 0 spiro atoms. The van der Waals surface area contributed by atoms with E-state index in [1.54, 1.807) is 12.1 Å². The van der Waals surface area contributed by atoms with Crippen LogP contribution in [-0.4, -0.2) is 24.1 Å². The van der Waals surface area contributed by atoms with E-state index in [1.165, 1.54) is 19.2 Å². The van der Waals surface area contributed by atoms with Crippen molar-refractivity contribution in [3.63, 3.8) is 0 Å². The van der Waals surface area contributed by atoms with Gasteiger partial charge in [-0.3, -0.25) is 9.59 Å². The molecule has 0 bridgehead atoms. The molecule has 5 heteroatoms. The predicted molar refractivity (Wildman–Crippen MR) is 67.2 cm³/mol. The number of ether oxygens (including phenoxy) is 1. The minimum atomic E-state index is -0.256. The Hall–Kier alpha value is -2.04. The van der Waals surface area contributed by atoms with E-state index < -0.39 is 0 Å². The largest absolute Gasteiger partial charge is 0.508 e. The van der Waals surface area contributed by atoms with Gasteiger partial charge < -0.3 is 15.2 Å². The minimum absolute atomic E-state index is 0.106. The molecule has 0 heterocycles. The summed E-state index contributed by atoms with van der Waals surface area (Å²) in [5.74, 6) is -0.203. The molecule has 0 unspecified atom stereocenters. The number of aromatic hydroxyl groups is 1. The molecule has 0 saturated carbocycles. The molecule has 0 aromatic heterocycles. The number of esters is 1. The number of phenolic OH excluding ortho intramolecular Hbond substituents is 1. The molecule has 18 heavy (non-hydrogen) atoms. The number of methoxy groups -OCH3 is 1. The second kappa shape index (κ2) is 7.32. The first-order valence-corrected chi connectivity index (χ1v) is 5.77. The molecular weight excluding hydrogens is 234 g/mol. The summed E-state index contributed by atoms with van der Waals surface area (Å²) in [6, 6.07) is 6.27. The van der Waals surface area contributed by atoms with Crippen LogP contribution in [-0.2, 0) is 14.3 Å². The van der Waals surface area contributed by atoms with E-state index >= 15 is 0 Å². The lowest BCUT2D eigenvalue weighted by atomic mass is 10.2. The van der Waals surface area contributed by atoms with Gasteiger partial charge in [0.15, 0.2) is 0 Å². The summed E-state index contributed by atoms with van der Waals surface area (Å²) in [6.07, 6.45) is 1.97. The maximum atomic E-state index is 11.5. The fourth-order valence-electron chi connectivity index (χ4n) is 1.43. The molecule has 0 radical (unpaired) electrons. The van der Waals surface area contributed by atoms with Gasteiger partial charge in [0.2, 0.25) is 5.91 Å². The number of anilines is 1. The van der Waals surface area contributed by atoms with Crippen molar-refractivity contribution in [1.82, 2.24) is 0 Å². The Bertz CT molecular complexity index is 400. The maximum absolute atomic E-state index is 11.5. The van der Waals surface area contributed by atoms with Crippen LogP contribution in [0.2, 0.25) is 0 Å². The average molecular weight is 251 g/mol. The highest BCUT2D eigenvalue weighted by Crippen LogP contribution is 2.14. The van der Waals surface area contributed by atoms with Gasteiger partial charge in [0, 0.05) is 18.5 Å². The van der Waals surface area contributed by atoms with Crippen molar-refractivity contribution >= 4 is 17.6 Å². The van der Waals surface area contributed by atoms with E-state index in [0.29, 0.717) is 31.4 Å². The Morgan fingerprint density at radius 3 is 2.39 bits per heavy atom. The summed E-state index contributed by atoms with van der Waals surface area (Å²) in [5, 5.41) is 11.8. The summed E-state index contributed by atoms with van der Waals surface area (Å²) in [7, 11) is 1.35. The molecule has 1 amide bonds. The SMILES string of the molecule is COC(=O)CCCCC(=O)Nc1ccc(O)cc1. The zero-order valence-corrected chi connectivity index (χ0v) is 10.3. The summed E-state index contributed by atoms with van der Waals surface area (Å²) in [6.45, 7) is 0. The second-order valence-corrected chi connectivity index (χ2v) is 3.88. The molecule has 0 aliphatic heterocycles. The van der Waals surface area contributed by atoms with Crippen LogP contribution in [0.15, 0.2) is 24.3 Å². The average Bonchev–Trinajstić information content (AvgIpc) is 2.37. The summed E-state index contributed by atoms with van der Waals surface area (Å²) < 4.78 is 4.50. The van der Waals surface area contributed by atoms with Gasteiger partial charge in [-0.1, -0.05) is 0 Å². The summed E-state index contributed by atoms with van der Waals surface area (Å²) >= 11 is 0. The molecule has 0 atom stereocenters. The molecular formula is C13H17NO4. The normalized spacial score (nSPS) is 9.83. The number of phenols is 1. The molecule has 2 N–H and O–H groups in total. The van der Waals surface area contributed by atoms with E-state index in [9.17, 15) is 9.59 Å². The summed E-state index contributed by atoms with van der Waals surface area (Å²) in [5.41, 5.74) is 0.644. The van der Waals surface area contributed by atoms with E-state index in [4.69, 9.17) is 5.11 Å². The van der Waals surface area contributed by atoms with Crippen LogP contribution in [0.4, 0.5) is 5.69 Å². The number of hydrogen-bond donors (Lipinski definition) is 2. The standard InChI is InChI=1S/C13H17NO4/c1-18-13(17)5-3-2-4-12(16)14-10-6-8-11(15)9-7-10/h6-9,15H,2-5H2,1H3,(H,14,16). The van der Waals surface area contributed by atoms with E-state index in [1.807, 2.05) is 0 Å². The zero-order chi connectivity index (χ0) is 13.4. The Labute approximate surface area is 106 Å². The van der Waals surface area contributed by atoms with Crippen LogP contribution in [0, 0.1) is 0 Å². The number of benzene rings is 1. The Balaban J connectivity index is 2.21. The van der Waals surface area contributed by atoms with Crippen LogP contribution >= 0.6 is 0 Å². The topological polar surface area (TPSA) is 75.6 Å². The number of hydrogen-bond acceptors (Lipinski definition) is 4. The van der Waals surface area contributed by atoms with Crippen molar-refractivity contribution in [2.24, 2.45) is 0 Å². The van der Waals surface area contributed by atoms with E-state index in [2.05, 4.69) is 10.1 Å². The third kappa shape index (κ3) is 5.34. The first kappa shape index (κ1) is 14.0. The van der Waals surface area contributed by atoms with E-state index in [0.717, 1.165) is 0 Å². The van der Waals surface area contributed by atoms with Crippen molar-refractivity contribution in [2.75, 3.05) is 12.4 Å². The van der Waals surface area contributed by atoms with Crippen molar-refractivity contribution in [3.05, 3.63) is 24.3 Å². The van der Waals surface area contributed by atoms with Gasteiger partial charge in [0.25, 0.3) is 0 Å². The molecule has 1 aromatic carbocycles. The van der Waals surface area contributed by atoms with Gasteiger partial charge in [-0.15, -0.1) is 0 Å². The molecule has 1 rings (SSSR count). The van der Waals surface area contributed by atoms with Gasteiger partial charge in [-0.2, -0.15) is 0 Å². The Morgan fingerprint density at radius 1 is 1.17 bits per heavy atom. The van der Waals surface area contributed by atoms with Gasteiger partial charge in [-0.25, -0.2) is 0 Å². The fourth-order valence-corrected chi connectivity index (χ4v) is 1.43. The molecule has 0 aliphatic rings. The lowest BCUT2D eigenvalue weighted by Gasteiger charge is -2.05. The summed E-state index contributed by atoms with van der Waals surface area (Å²) in [4.78, 5) is 22.4. The Kier molecular flexibility index (Phi) is 5.70. The van der Waals surface area contributed by atoms with Gasteiger partial charge >= 0.3 is 5.97 Å². The third-order valence-electron chi connectivity index (χ3n) is 2.41. The smallest absolute Gasteiger partial charge is 0.305 e. The fraction of sp³-hybridized carbons (Fsp3) is 0.385. The monoisotopic (exact) mass is 251 g/mol. The predicted octanol–water partition coefficient (Wildman–Crippen LogP) is 2.06. The molecule has 98 valence electrons. The maximum Gasteiger partial charge on any atom is 0.305 e. The van der Waals surface area contributed by atoms with Gasteiger partial charge in [0.1, 0.15) is 5.75 Å². The second-order valence-electron chi connectivity index (χ2n) is 3.88. The molecule has 5 nitrogen and oxygen atoms in total. The lowest BCUT2D eigenvalue weighted by Crippen LogP contribution is -2.11. The lowest BCUT2D eigenvalue weighted by molar-refractivity contribution is -0.140. The minimum Gasteiger partial charge on any atom is -0.508 e. The number of amides is 1. The van der Waals surface area contributed by atoms with Gasteiger partial charge in [-0.05, 0) is 37.1 Å². The first-order valence-electron chi connectivity index (χ1n) is 5.77. The van der Waals surface area contributed by atoms with Crippen LogP contribution in [0.25, 0.3) is 0 Å². The van der Waals surface area contributed by atoms with Gasteiger partial charge in [0.05, 0.1) is 7.11 Å². The molecule has 1 aromatic rings. The van der Waals surface area contributed by atoms with Crippen molar-refractivity contribution < 1.29 is 19.4 Å². The molecule has 0 saturated heterocycles. The van der Waals surface area contributed by atoms with Crippen LogP contribution in [0.5, 0.6) is 5.75 Å². The highest BCUT2D eigenvalue weighted by atomic mass is 16.5. The molecule has 0 fully saturated rings. The van der Waals surface area contributed by atoms with Crippen LogP contribution < -0.4 is 5.32 Å².